The van der Waals surface area contributed by atoms with Gasteiger partial charge in [0, 0.05) is 6.42 Å². The molecule has 4 heteroatoms. The number of halogens is 2. The molecule has 0 atom stereocenters. The lowest BCUT2D eigenvalue weighted by atomic mass is 10.0. The first-order valence-corrected chi connectivity index (χ1v) is 4.40. The second-order valence-corrected chi connectivity index (χ2v) is 3.38. The third kappa shape index (κ3) is 1.52. The van der Waals surface area contributed by atoms with Crippen LogP contribution in [-0.4, -0.2) is 19.6 Å². The minimum Gasteiger partial charge on any atom is -0.495 e. The van der Waals surface area contributed by atoms with E-state index < -0.39 is 5.92 Å². The maximum Gasteiger partial charge on any atom is 0.269 e. The van der Waals surface area contributed by atoms with E-state index in [1.807, 2.05) is 0 Å². The number of para-hydroxylation sites is 1. The van der Waals surface area contributed by atoms with E-state index in [1.54, 1.807) is 18.2 Å². The van der Waals surface area contributed by atoms with Gasteiger partial charge in [0.25, 0.3) is 5.92 Å². The molecule has 0 aromatic heterocycles. The Balaban J connectivity index is 2.40. The van der Waals surface area contributed by atoms with Gasteiger partial charge in [0.05, 0.1) is 19.3 Å². The van der Waals surface area contributed by atoms with Crippen molar-refractivity contribution in [2.75, 3.05) is 19.0 Å². The van der Waals surface area contributed by atoms with Crippen LogP contribution in [0.15, 0.2) is 18.2 Å². The Morgan fingerprint density at radius 3 is 2.93 bits per heavy atom. The molecule has 1 aliphatic heterocycles. The zero-order valence-corrected chi connectivity index (χ0v) is 7.81. The van der Waals surface area contributed by atoms with E-state index >= 15 is 0 Å². The lowest BCUT2D eigenvalue weighted by molar-refractivity contribution is 0.0128. The number of anilines is 1. The Labute approximate surface area is 80.9 Å². The zero-order valence-electron chi connectivity index (χ0n) is 7.81. The summed E-state index contributed by atoms with van der Waals surface area (Å²) < 4.78 is 31.1. The molecule has 2 nitrogen and oxygen atoms in total. The second-order valence-electron chi connectivity index (χ2n) is 3.38. The molecule has 0 bridgehead atoms. The molecule has 14 heavy (non-hydrogen) atoms. The van der Waals surface area contributed by atoms with Crippen molar-refractivity contribution in [3.63, 3.8) is 0 Å². The van der Waals surface area contributed by atoms with Gasteiger partial charge in [-0.25, -0.2) is 8.78 Å². The van der Waals surface area contributed by atoms with Crippen molar-refractivity contribution in [1.29, 1.82) is 0 Å². The Kier molecular flexibility index (Phi) is 2.06. The number of ether oxygens (including phenoxy) is 1. The van der Waals surface area contributed by atoms with Gasteiger partial charge < -0.3 is 10.1 Å². The Bertz CT molecular complexity index is 352. The average molecular weight is 199 g/mol. The van der Waals surface area contributed by atoms with E-state index in [0.717, 1.165) is 0 Å². The number of nitrogens with one attached hydrogen (secondary N) is 1. The van der Waals surface area contributed by atoms with Crippen LogP contribution in [0.2, 0.25) is 0 Å². The summed E-state index contributed by atoms with van der Waals surface area (Å²) in [5.41, 5.74) is 1.31. The number of methoxy groups -OCH3 is 1. The van der Waals surface area contributed by atoms with Gasteiger partial charge in [-0.2, -0.15) is 0 Å². The minimum atomic E-state index is -2.65. The molecule has 1 N–H and O–H groups in total. The second kappa shape index (κ2) is 3.12. The van der Waals surface area contributed by atoms with Crippen molar-refractivity contribution in [3.05, 3.63) is 23.8 Å². The van der Waals surface area contributed by atoms with Crippen molar-refractivity contribution in [2.45, 2.75) is 12.3 Å². The van der Waals surface area contributed by atoms with E-state index in [-0.39, 0.29) is 13.0 Å². The van der Waals surface area contributed by atoms with Gasteiger partial charge in [-0.1, -0.05) is 12.1 Å². The molecule has 0 radical (unpaired) electrons. The molecule has 0 saturated carbocycles. The third-order valence-corrected chi connectivity index (χ3v) is 2.31. The monoisotopic (exact) mass is 199 g/mol. The SMILES string of the molecule is COc1cccc2c1NCC(F)(F)C2. The maximum atomic E-state index is 13.0. The minimum absolute atomic E-state index is 0.216. The molecule has 0 aliphatic carbocycles. The maximum absolute atomic E-state index is 13.0. The van der Waals surface area contributed by atoms with Crippen LogP contribution in [0.1, 0.15) is 5.56 Å². The zero-order chi connectivity index (χ0) is 10.2. The smallest absolute Gasteiger partial charge is 0.269 e. The summed E-state index contributed by atoms with van der Waals surface area (Å²) in [4.78, 5) is 0. The predicted octanol–water partition coefficient (Wildman–Crippen LogP) is 2.30. The van der Waals surface area contributed by atoms with Crippen molar-refractivity contribution in [2.24, 2.45) is 0 Å². The van der Waals surface area contributed by atoms with Gasteiger partial charge in [0.15, 0.2) is 0 Å². The van der Waals surface area contributed by atoms with Crippen LogP contribution in [0.5, 0.6) is 5.75 Å². The number of alkyl halides is 2. The summed E-state index contributed by atoms with van der Waals surface area (Å²) >= 11 is 0. The largest absolute Gasteiger partial charge is 0.495 e. The lowest BCUT2D eigenvalue weighted by Gasteiger charge is -2.26. The van der Waals surface area contributed by atoms with Gasteiger partial charge in [0.1, 0.15) is 5.75 Å². The first-order chi connectivity index (χ1) is 6.62. The topological polar surface area (TPSA) is 21.3 Å². The Morgan fingerprint density at radius 2 is 2.21 bits per heavy atom. The van der Waals surface area contributed by atoms with E-state index in [0.29, 0.717) is 17.0 Å². The number of hydrogen-bond acceptors (Lipinski definition) is 2. The fourth-order valence-electron chi connectivity index (χ4n) is 1.65. The molecular formula is C10H11F2NO. The van der Waals surface area contributed by atoms with Gasteiger partial charge in [-0.05, 0) is 11.6 Å². The standard InChI is InChI=1S/C10H11F2NO/c1-14-8-4-2-3-7-5-10(11,12)6-13-9(7)8/h2-4,13H,5-6H2,1H3. The van der Waals surface area contributed by atoms with E-state index in [1.165, 1.54) is 7.11 Å². The van der Waals surface area contributed by atoms with E-state index in [4.69, 9.17) is 4.74 Å². The van der Waals surface area contributed by atoms with Crippen molar-refractivity contribution in [3.8, 4) is 5.75 Å². The third-order valence-electron chi connectivity index (χ3n) is 2.31. The summed E-state index contributed by atoms with van der Waals surface area (Å²) in [5, 5.41) is 2.70. The van der Waals surface area contributed by atoms with Crippen LogP contribution < -0.4 is 10.1 Å². The number of hydrogen-bond donors (Lipinski definition) is 1. The highest BCUT2D eigenvalue weighted by Gasteiger charge is 2.34. The summed E-state index contributed by atoms with van der Waals surface area (Å²) in [6.45, 7) is -0.319. The van der Waals surface area contributed by atoms with Gasteiger partial charge >= 0.3 is 0 Å². The highest BCUT2D eigenvalue weighted by Crippen LogP contribution is 2.36. The van der Waals surface area contributed by atoms with E-state index in [9.17, 15) is 8.78 Å². The molecule has 1 aromatic carbocycles. The number of benzene rings is 1. The lowest BCUT2D eigenvalue weighted by Crippen LogP contribution is -2.34. The highest BCUT2D eigenvalue weighted by atomic mass is 19.3. The molecule has 0 saturated heterocycles. The van der Waals surface area contributed by atoms with Crippen LogP contribution in [0.25, 0.3) is 0 Å². The molecular weight excluding hydrogens is 188 g/mol. The Morgan fingerprint density at radius 1 is 1.43 bits per heavy atom. The summed E-state index contributed by atoms with van der Waals surface area (Å²) in [6.07, 6.45) is -0.216. The van der Waals surface area contributed by atoms with Gasteiger partial charge in [0.2, 0.25) is 0 Å². The van der Waals surface area contributed by atoms with Crippen LogP contribution in [-0.2, 0) is 6.42 Å². The fourth-order valence-corrected chi connectivity index (χ4v) is 1.65. The number of rotatable bonds is 1. The van der Waals surface area contributed by atoms with Crippen molar-refractivity contribution < 1.29 is 13.5 Å². The van der Waals surface area contributed by atoms with Crippen LogP contribution >= 0.6 is 0 Å². The van der Waals surface area contributed by atoms with Gasteiger partial charge in [-0.3, -0.25) is 0 Å². The molecule has 76 valence electrons. The van der Waals surface area contributed by atoms with Crippen molar-refractivity contribution in [1.82, 2.24) is 0 Å². The summed E-state index contributed by atoms with van der Waals surface area (Å²) in [7, 11) is 1.53. The molecule has 0 spiro atoms. The highest BCUT2D eigenvalue weighted by molar-refractivity contribution is 5.64. The predicted molar refractivity (Wildman–Crippen MR) is 50.1 cm³/mol. The average Bonchev–Trinajstić information content (AvgIpc) is 2.15. The van der Waals surface area contributed by atoms with Crippen LogP contribution in [0.3, 0.4) is 0 Å². The first-order valence-electron chi connectivity index (χ1n) is 4.40. The first kappa shape index (κ1) is 9.24. The molecule has 0 unspecified atom stereocenters. The molecule has 0 amide bonds. The summed E-state index contributed by atoms with van der Waals surface area (Å²) in [5.74, 6) is -2.03. The van der Waals surface area contributed by atoms with Crippen LogP contribution in [0.4, 0.5) is 14.5 Å². The normalized spacial score (nSPS) is 18.2. The quantitative estimate of drug-likeness (QED) is 0.749. The molecule has 1 aromatic rings. The fraction of sp³-hybridized carbons (Fsp3) is 0.400. The summed E-state index contributed by atoms with van der Waals surface area (Å²) in [6, 6.07) is 5.17. The Hall–Kier alpha value is -1.32. The number of fused-ring (bicyclic) bond motifs is 1. The molecule has 0 fully saturated rings. The van der Waals surface area contributed by atoms with Crippen LogP contribution in [0, 0.1) is 0 Å². The molecule has 1 heterocycles. The molecule has 1 aliphatic rings. The van der Waals surface area contributed by atoms with E-state index in [2.05, 4.69) is 5.32 Å². The van der Waals surface area contributed by atoms with Gasteiger partial charge in [-0.15, -0.1) is 0 Å². The molecule has 2 rings (SSSR count). The van der Waals surface area contributed by atoms with Crippen molar-refractivity contribution >= 4 is 5.69 Å².